The molecule has 130 valence electrons. The van der Waals surface area contributed by atoms with Gasteiger partial charge < -0.3 is 14.8 Å². The van der Waals surface area contributed by atoms with Gasteiger partial charge in [0.25, 0.3) is 0 Å². The number of fused-ring (bicyclic) bond motifs is 1. The Labute approximate surface area is 146 Å². The molecule has 0 fully saturated rings. The van der Waals surface area contributed by atoms with Crippen LogP contribution in [0.15, 0.2) is 48.7 Å². The maximum Gasteiger partial charge on any atom is 0.224 e. The van der Waals surface area contributed by atoms with E-state index in [0.29, 0.717) is 31.8 Å². The number of hydrogen-bond donors (Lipinski definition) is 2. The van der Waals surface area contributed by atoms with Gasteiger partial charge in [-0.05, 0) is 43.7 Å². The number of nitrogens with one attached hydrogen (secondary N) is 2. The van der Waals surface area contributed by atoms with Crippen LogP contribution in [0, 0.1) is 0 Å². The number of amides is 1. The monoisotopic (exact) mass is 339 g/mol. The number of aromatic amines is 1. The molecule has 6 heteroatoms. The van der Waals surface area contributed by atoms with Gasteiger partial charge in [0.15, 0.2) is 11.5 Å². The lowest BCUT2D eigenvalue weighted by molar-refractivity contribution is -0.116. The van der Waals surface area contributed by atoms with Gasteiger partial charge in [0, 0.05) is 17.5 Å². The Hall–Kier alpha value is -3.02. The predicted octanol–water partition coefficient (Wildman–Crippen LogP) is 3.76. The SMILES string of the molecule is CCOc1ccccc1OCCCC(=O)Nc1ccc2[nH]ncc2c1. The summed E-state index contributed by atoms with van der Waals surface area (Å²) in [6, 6.07) is 13.2. The summed E-state index contributed by atoms with van der Waals surface area (Å²) in [4.78, 5) is 12.1. The number of anilines is 1. The fourth-order valence-electron chi connectivity index (χ4n) is 2.50. The van der Waals surface area contributed by atoms with E-state index in [4.69, 9.17) is 9.47 Å². The molecule has 3 rings (SSSR count). The molecule has 0 spiro atoms. The highest BCUT2D eigenvalue weighted by atomic mass is 16.5. The molecule has 1 aromatic heterocycles. The molecule has 0 unspecified atom stereocenters. The number of benzene rings is 2. The van der Waals surface area contributed by atoms with Crippen LogP contribution in [0.25, 0.3) is 10.9 Å². The fraction of sp³-hybridized carbons (Fsp3) is 0.263. The van der Waals surface area contributed by atoms with Crippen molar-refractivity contribution in [1.29, 1.82) is 0 Å². The largest absolute Gasteiger partial charge is 0.490 e. The quantitative estimate of drug-likeness (QED) is 0.613. The van der Waals surface area contributed by atoms with Gasteiger partial charge >= 0.3 is 0 Å². The lowest BCUT2D eigenvalue weighted by atomic mass is 10.2. The third-order valence-electron chi connectivity index (χ3n) is 3.68. The van der Waals surface area contributed by atoms with Crippen molar-refractivity contribution in [2.75, 3.05) is 18.5 Å². The van der Waals surface area contributed by atoms with E-state index in [9.17, 15) is 4.79 Å². The second-order valence-corrected chi connectivity index (χ2v) is 5.55. The van der Waals surface area contributed by atoms with E-state index in [-0.39, 0.29) is 5.91 Å². The molecule has 1 heterocycles. The zero-order valence-corrected chi connectivity index (χ0v) is 14.1. The number of aromatic nitrogens is 2. The molecule has 0 saturated carbocycles. The van der Waals surface area contributed by atoms with Gasteiger partial charge in [-0.15, -0.1) is 0 Å². The molecule has 6 nitrogen and oxygen atoms in total. The van der Waals surface area contributed by atoms with Crippen LogP contribution in [0.1, 0.15) is 19.8 Å². The van der Waals surface area contributed by atoms with Gasteiger partial charge in [0.05, 0.1) is 24.9 Å². The standard InChI is InChI=1S/C19H21N3O3/c1-2-24-17-6-3-4-7-18(17)25-11-5-8-19(23)21-15-9-10-16-14(12-15)13-20-22-16/h3-4,6-7,9-10,12-13H,2,5,8,11H2,1H3,(H,20,22)(H,21,23). The van der Waals surface area contributed by atoms with E-state index in [1.165, 1.54) is 0 Å². The molecule has 0 atom stereocenters. The average molecular weight is 339 g/mol. The third kappa shape index (κ3) is 4.50. The van der Waals surface area contributed by atoms with E-state index in [1.54, 1.807) is 6.20 Å². The first-order valence-electron chi connectivity index (χ1n) is 8.34. The number of rotatable bonds is 8. The van der Waals surface area contributed by atoms with Gasteiger partial charge in [-0.2, -0.15) is 5.10 Å². The number of hydrogen-bond acceptors (Lipinski definition) is 4. The lowest BCUT2D eigenvalue weighted by Crippen LogP contribution is -2.12. The Morgan fingerprint density at radius 3 is 2.76 bits per heavy atom. The fourth-order valence-corrected chi connectivity index (χ4v) is 2.50. The van der Waals surface area contributed by atoms with Crippen molar-refractivity contribution in [1.82, 2.24) is 10.2 Å². The van der Waals surface area contributed by atoms with Gasteiger partial charge in [-0.25, -0.2) is 0 Å². The summed E-state index contributed by atoms with van der Waals surface area (Å²) >= 11 is 0. The number of carbonyl (C=O) groups excluding carboxylic acids is 1. The number of ether oxygens (including phenoxy) is 2. The van der Waals surface area contributed by atoms with Crippen LogP contribution in [0.4, 0.5) is 5.69 Å². The third-order valence-corrected chi connectivity index (χ3v) is 3.68. The molecule has 2 N–H and O–H groups in total. The van der Waals surface area contributed by atoms with E-state index < -0.39 is 0 Å². The molecule has 3 aromatic rings. The van der Waals surface area contributed by atoms with Crippen LogP contribution in [-0.4, -0.2) is 29.3 Å². The first kappa shape index (κ1) is 16.8. The predicted molar refractivity (Wildman–Crippen MR) is 97.1 cm³/mol. The van der Waals surface area contributed by atoms with Crippen LogP contribution in [0.3, 0.4) is 0 Å². The van der Waals surface area contributed by atoms with E-state index in [0.717, 1.165) is 22.3 Å². The Kier molecular flexibility index (Phi) is 5.51. The second-order valence-electron chi connectivity index (χ2n) is 5.55. The van der Waals surface area contributed by atoms with Crippen molar-refractivity contribution in [2.24, 2.45) is 0 Å². The summed E-state index contributed by atoms with van der Waals surface area (Å²) < 4.78 is 11.2. The lowest BCUT2D eigenvalue weighted by Gasteiger charge is -2.11. The van der Waals surface area contributed by atoms with E-state index >= 15 is 0 Å². The van der Waals surface area contributed by atoms with Crippen LogP contribution in [0.2, 0.25) is 0 Å². The zero-order valence-electron chi connectivity index (χ0n) is 14.1. The van der Waals surface area contributed by atoms with Crippen LogP contribution < -0.4 is 14.8 Å². The van der Waals surface area contributed by atoms with Crippen LogP contribution >= 0.6 is 0 Å². The van der Waals surface area contributed by atoms with E-state index in [1.807, 2.05) is 49.4 Å². The average Bonchev–Trinajstić information content (AvgIpc) is 3.08. The summed E-state index contributed by atoms with van der Waals surface area (Å²) in [7, 11) is 0. The minimum absolute atomic E-state index is 0.0375. The van der Waals surface area contributed by atoms with Crippen molar-refractivity contribution >= 4 is 22.5 Å². The van der Waals surface area contributed by atoms with Gasteiger partial charge in [-0.3, -0.25) is 9.89 Å². The maximum absolute atomic E-state index is 12.1. The summed E-state index contributed by atoms with van der Waals surface area (Å²) in [5.41, 5.74) is 1.71. The molecule has 0 bridgehead atoms. The number of nitrogens with zero attached hydrogens (tertiary/aromatic N) is 1. The number of carbonyl (C=O) groups is 1. The molecule has 25 heavy (non-hydrogen) atoms. The molecule has 0 radical (unpaired) electrons. The molecular weight excluding hydrogens is 318 g/mol. The maximum atomic E-state index is 12.1. The van der Waals surface area contributed by atoms with E-state index in [2.05, 4.69) is 15.5 Å². The Morgan fingerprint density at radius 1 is 1.16 bits per heavy atom. The molecule has 0 saturated heterocycles. The van der Waals surface area contributed by atoms with Crippen molar-refractivity contribution in [3.63, 3.8) is 0 Å². The second kappa shape index (κ2) is 8.19. The van der Waals surface area contributed by atoms with Crippen molar-refractivity contribution < 1.29 is 14.3 Å². The minimum Gasteiger partial charge on any atom is -0.490 e. The molecular formula is C19H21N3O3. The molecule has 2 aromatic carbocycles. The number of para-hydroxylation sites is 2. The normalized spacial score (nSPS) is 10.6. The highest BCUT2D eigenvalue weighted by molar-refractivity contribution is 5.93. The summed E-state index contributed by atoms with van der Waals surface area (Å²) in [6.45, 7) is 2.98. The Balaban J connectivity index is 1.45. The van der Waals surface area contributed by atoms with Gasteiger partial charge in [0.1, 0.15) is 0 Å². The summed E-state index contributed by atoms with van der Waals surface area (Å²) in [5.74, 6) is 1.39. The topological polar surface area (TPSA) is 76.2 Å². The van der Waals surface area contributed by atoms with Crippen molar-refractivity contribution in [3.8, 4) is 11.5 Å². The number of H-pyrrole nitrogens is 1. The Morgan fingerprint density at radius 2 is 1.96 bits per heavy atom. The highest BCUT2D eigenvalue weighted by Crippen LogP contribution is 2.26. The minimum atomic E-state index is -0.0375. The van der Waals surface area contributed by atoms with Crippen molar-refractivity contribution in [2.45, 2.75) is 19.8 Å². The smallest absolute Gasteiger partial charge is 0.224 e. The Bertz CT molecular complexity index is 845. The summed E-state index contributed by atoms with van der Waals surface area (Å²) in [6.07, 6.45) is 2.75. The zero-order chi connectivity index (χ0) is 17.5. The highest BCUT2D eigenvalue weighted by Gasteiger charge is 2.06. The molecule has 1 amide bonds. The van der Waals surface area contributed by atoms with Crippen molar-refractivity contribution in [3.05, 3.63) is 48.7 Å². The first-order valence-corrected chi connectivity index (χ1v) is 8.34. The molecule has 0 aliphatic carbocycles. The first-order chi connectivity index (χ1) is 12.3. The van der Waals surface area contributed by atoms with Crippen LogP contribution in [-0.2, 0) is 4.79 Å². The summed E-state index contributed by atoms with van der Waals surface area (Å²) in [5, 5.41) is 10.7. The van der Waals surface area contributed by atoms with Gasteiger partial charge in [-0.1, -0.05) is 12.1 Å². The van der Waals surface area contributed by atoms with Crippen LogP contribution in [0.5, 0.6) is 11.5 Å². The molecule has 0 aliphatic rings. The molecule has 0 aliphatic heterocycles. The van der Waals surface area contributed by atoms with Gasteiger partial charge in [0.2, 0.25) is 5.91 Å².